The fourth-order valence-corrected chi connectivity index (χ4v) is 4.97. The van der Waals surface area contributed by atoms with E-state index in [-0.39, 0.29) is 18.4 Å². The highest BCUT2D eigenvalue weighted by atomic mass is 16.5. The van der Waals surface area contributed by atoms with Gasteiger partial charge in [-0.25, -0.2) is 4.79 Å². The van der Waals surface area contributed by atoms with E-state index in [1.165, 1.54) is 0 Å². The van der Waals surface area contributed by atoms with E-state index >= 15 is 0 Å². The molecule has 1 fully saturated rings. The van der Waals surface area contributed by atoms with Crippen LogP contribution in [0.15, 0.2) is 48.5 Å². The maximum absolute atomic E-state index is 13.5. The van der Waals surface area contributed by atoms with Gasteiger partial charge in [0.05, 0.1) is 19.2 Å². The van der Waals surface area contributed by atoms with Crippen LogP contribution in [0.4, 0.5) is 4.79 Å². The number of aromatic nitrogens is 1. The van der Waals surface area contributed by atoms with Crippen LogP contribution in [0.25, 0.3) is 10.8 Å². The van der Waals surface area contributed by atoms with E-state index in [1.54, 1.807) is 14.0 Å². The second-order valence-corrected chi connectivity index (χ2v) is 8.86. The highest BCUT2D eigenvalue weighted by Gasteiger charge is 2.50. The molecule has 3 aromatic rings. The monoisotopic (exact) mass is 447 g/mol. The first-order valence-corrected chi connectivity index (χ1v) is 11.0. The number of urea groups is 1. The first-order chi connectivity index (χ1) is 15.7. The fraction of sp³-hybridized carbons (Fsp3) is 0.346. The average Bonchev–Trinajstić information content (AvgIpc) is 3.20. The van der Waals surface area contributed by atoms with Crippen molar-refractivity contribution in [1.29, 1.82) is 0 Å². The highest BCUT2D eigenvalue weighted by molar-refractivity contribution is 6.12. The van der Waals surface area contributed by atoms with Crippen molar-refractivity contribution < 1.29 is 19.1 Å². The SMILES string of the molecule is COC[C@H](C)n1c(C)cc(C(=O)CN2C(=O)N[C@@](C)(c3cccc4ccccc34)C2=O)c1C. The zero-order valence-corrected chi connectivity index (χ0v) is 19.6. The van der Waals surface area contributed by atoms with E-state index in [9.17, 15) is 14.4 Å². The summed E-state index contributed by atoms with van der Waals surface area (Å²) < 4.78 is 7.30. The normalized spacial score (nSPS) is 19.2. The summed E-state index contributed by atoms with van der Waals surface area (Å²) in [7, 11) is 1.64. The molecule has 1 saturated heterocycles. The number of hydrogen-bond acceptors (Lipinski definition) is 4. The number of Topliss-reactive ketones (excluding diaryl/α,β-unsaturated/α-hetero) is 1. The van der Waals surface area contributed by atoms with Crippen molar-refractivity contribution >= 4 is 28.5 Å². The van der Waals surface area contributed by atoms with E-state index in [0.29, 0.717) is 17.7 Å². The van der Waals surface area contributed by atoms with Gasteiger partial charge < -0.3 is 14.6 Å². The molecule has 0 spiro atoms. The molecule has 7 heteroatoms. The number of methoxy groups -OCH3 is 1. The number of nitrogens with one attached hydrogen (secondary N) is 1. The first-order valence-electron chi connectivity index (χ1n) is 11.0. The molecule has 1 aliphatic heterocycles. The van der Waals surface area contributed by atoms with E-state index in [2.05, 4.69) is 5.32 Å². The Kier molecular flexibility index (Phi) is 5.84. The van der Waals surface area contributed by atoms with Gasteiger partial charge in [-0.15, -0.1) is 0 Å². The number of aryl methyl sites for hydroxylation is 1. The molecule has 1 aromatic heterocycles. The minimum Gasteiger partial charge on any atom is -0.383 e. The molecular weight excluding hydrogens is 418 g/mol. The Morgan fingerprint density at radius 2 is 1.82 bits per heavy atom. The van der Waals surface area contributed by atoms with E-state index in [4.69, 9.17) is 4.74 Å². The Morgan fingerprint density at radius 1 is 1.12 bits per heavy atom. The highest BCUT2D eigenvalue weighted by Crippen LogP contribution is 2.34. The number of nitrogens with zero attached hydrogens (tertiary/aromatic N) is 2. The third-order valence-electron chi connectivity index (χ3n) is 6.54. The van der Waals surface area contributed by atoms with E-state index < -0.39 is 17.5 Å². The summed E-state index contributed by atoms with van der Waals surface area (Å²) in [5.74, 6) is -0.705. The van der Waals surface area contributed by atoms with Crippen LogP contribution < -0.4 is 5.32 Å². The molecule has 0 aliphatic carbocycles. The number of hydrogen-bond donors (Lipinski definition) is 1. The number of carbonyl (C=O) groups excluding carboxylic acids is 3. The second-order valence-electron chi connectivity index (χ2n) is 8.86. The smallest absolute Gasteiger partial charge is 0.325 e. The Bertz CT molecular complexity index is 1260. The molecule has 3 amide bonds. The molecule has 1 N–H and O–H groups in total. The molecular formula is C26H29N3O4. The molecule has 172 valence electrons. The first kappa shape index (κ1) is 22.7. The number of imide groups is 1. The maximum Gasteiger partial charge on any atom is 0.325 e. The van der Waals surface area contributed by atoms with Gasteiger partial charge in [0.1, 0.15) is 5.54 Å². The van der Waals surface area contributed by atoms with Crippen LogP contribution in [-0.4, -0.2) is 47.4 Å². The molecule has 0 unspecified atom stereocenters. The summed E-state index contributed by atoms with van der Waals surface area (Å²) >= 11 is 0. The number of fused-ring (bicyclic) bond motifs is 1. The van der Waals surface area contributed by atoms with Gasteiger partial charge in [-0.1, -0.05) is 42.5 Å². The summed E-state index contributed by atoms with van der Waals surface area (Å²) in [4.78, 5) is 40.5. The molecule has 0 radical (unpaired) electrons. The standard InChI is InChI=1S/C26H29N3O4/c1-16-13-21(18(3)29(16)17(2)15-33-5)23(30)14-28-24(31)26(4,27-25(28)32)22-12-8-10-19-9-6-7-11-20(19)22/h6-13,17H,14-15H2,1-5H3,(H,27,32)/t17-,26-/m0/s1. The van der Waals surface area contributed by atoms with Gasteiger partial charge in [-0.05, 0) is 50.1 Å². The number of benzene rings is 2. The topological polar surface area (TPSA) is 80.6 Å². The quantitative estimate of drug-likeness (QED) is 0.437. The molecule has 2 heterocycles. The number of ether oxygens (including phenoxy) is 1. The number of amides is 3. The lowest BCUT2D eigenvalue weighted by Crippen LogP contribution is -2.41. The Hall–Kier alpha value is -3.45. The average molecular weight is 448 g/mol. The Labute approximate surface area is 193 Å². The zero-order valence-electron chi connectivity index (χ0n) is 19.6. The van der Waals surface area contributed by atoms with Crippen molar-refractivity contribution in [1.82, 2.24) is 14.8 Å². The van der Waals surface area contributed by atoms with Gasteiger partial charge in [0.15, 0.2) is 5.78 Å². The van der Waals surface area contributed by atoms with Crippen molar-refractivity contribution in [3.8, 4) is 0 Å². The summed E-state index contributed by atoms with van der Waals surface area (Å²) in [6.45, 7) is 7.72. The number of ketones is 1. The zero-order chi connectivity index (χ0) is 23.9. The van der Waals surface area contributed by atoms with Gasteiger partial charge in [0.25, 0.3) is 5.91 Å². The number of carbonyl (C=O) groups is 3. The Morgan fingerprint density at radius 3 is 2.55 bits per heavy atom. The van der Waals surface area contributed by atoms with Gasteiger partial charge in [-0.3, -0.25) is 14.5 Å². The summed E-state index contributed by atoms with van der Waals surface area (Å²) in [5.41, 5.74) is 1.70. The van der Waals surface area contributed by atoms with Gasteiger partial charge in [0, 0.05) is 24.1 Å². The van der Waals surface area contributed by atoms with Gasteiger partial charge >= 0.3 is 6.03 Å². The molecule has 1 aliphatic rings. The lowest BCUT2D eigenvalue weighted by atomic mass is 9.88. The van der Waals surface area contributed by atoms with Crippen molar-refractivity contribution in [2.24, 2.45) is 0 Å². The molecule has 0 saturated carbocycles. The molecule has 2 atom stereocenters. The molecule has 4 rings (SSSR count). The third kappa shape index (κ3) is 3.72. The minimum atomic E-state index is -1.25. The third-order valence-corrected chi connectivity index (χ3v) is 6.54. The van der Waals surface area contributed by atoms with Crippen LogP contribution in [0, 0.1) is 13.8 Å². The Balaban J connectivity index is 1.63. The van der Waals surface area contributed by atoms with Crippen LogP contribution in [0.3, 0.4) is 0 Å². The minimum absolute atomic E-state index is 0.0583. The predicted octanol–water partition coefficient (Wildman–Crippen LogP) is 4.12. The number of rotatable bonds is 7. The maximum atomic E-state index is 13.5. The van der Waals surface area contributed by atoms with Crippen molar-refractivity contribution in [3.63, 3.8) is 0 Å². The summed E-state index contributed by atoms with van der Waals surface area (Å²) in [6.07, 6.45) is 0. The van der Waals surface area contributed by atoms with Crippen LogP contribution in [0.1, 0.15) is 47.2 Å². The molecule has 0 bridgehead atoms. The molecule has 7 nitrogen and oxygen atoms in total. The van der Waals surface area contributed by atoms with Crippen LogP contribution in [0.2, 0.25) is 0 Å². The summed E-state index contributed by atoms with van der Waals surface area (Å²) in [5, 5.41) is 4.69. The predicted molar refractivity (Wildman–Crippen MR) is 126 cm³/mol. The lowest BCUT2D eigenvalue weighted by molar-refractivity contribution is -0.130. The van der Waals surface area contributed by atoms with Crippen LogP contribution in [0.5, 0.6) is 0 Å². The molecule has 2 aromatic carbocycles. The van der Waals surface area contributed by atoms with Crippen LogP contribution in [-0.2, 0) is 15.1 Å². The largest absolute Gasteiger partial charge is 0.383 e. The van der Waals surface area contributed by atoms with E-state index in [0.717, 1.165) is 27.1 Å². The van der Waals surface area contributed by atoms with Gasteiger partial charge in [-0.2, -0.15) is 0 Å². The van der Waals surface area contributed by atoms with E-state index in [1.807, 2.05) is 73.9 Å². The molecule has 33 heavy (non-hydrogen) atoms. The van der Waals surface area contributed by atoms with Gasteiger partial charge in [0.2, 0.25) is 0 Å². The lowest BCUT2D eigenvalue weighted by Gasteiger charge is -2.24. The second kappa shape index (κ2) is 8.48. The van der Waals surface area contributed by atoms with Crippen LogP contribution >= 0.6 is 0 Å². The summed E-state index contributed by atoms with van der Waals surface area (Å²) in [6, 6.07) is 14.7. The fourth-order valence-electron chi connectivity index (χ4n) is 4.97. The van der Waals surface area contributed by atoms with Crippen molar-refractivity contribution in [3.05, 3.63) is 71.0 Å². The van der Waals surface area contributed by atoms with Crippen molar-refractivity contribution in [2.75, 3.05) is 20.3 Å². The van der Waals surface area contributed by atoms with Crippen molar-refractivity contribution in [2.45, 2.75) is 39.3 Å².